The van der Waals surface area contributed by atoms with Gasteiger partial charge in [0.2, 0.25) is 0 Å². The summed E-state index contributed by atoms with van der Waals surface area (Å²) in [6.45, 7) is 10.1. The summed E-state index contributed by atoms with van der Waals surface area (Å²) in [6.07, 6.45) is 3.09. The van der Waals surface area contributed by atoms with Gasteiger partial charge in [-0.3, -0.25) is 0 Å². The zero-order chi connectivity index (χ0) is 13.1. The van der Waals surface area contributed by atoms with Crippen LogP contribution in [0.1, 0.15) is 31.1 Å². The van der Waals surface area contributed by atoms with Crippen molar-refractivity contribution in [3.8, 4) is 0 Å². The monoisotopic (exact) mass is 235 g/mol. The number of aromatic carboxylic acids is 1. The molecular formula is C12H17N3O2. The van der Waals surface area contributed by atoms with Crippen LogP contribution in [0.15, 0.2) is 24.9 Å². The van der Waals surface area contributed by atoms with E-state index in [-0.39, 0.29) is 11.1 Å². The minimum absolute atomic E-state index is 0.150. The number of carboxylic acids is 1. The minimum atomic E-state index is -1.01. The van der Waals surface area contributed by atoms with Gasteiger partial charge in [0.05, 0.1) is 6.20 Å². The van der Waals surface area contributed by atoms with E-state index in [2.05, 4.69) is 16.8 Å². The van der Waals surface area contributed by atoms with E-state index in [9.17, 15) is 4.79 Å². The average molecular weight is 235 g/mol. The van der Waals surface area contributed by atoms with E-state index < -0.39 is 5.97 Å². The number of hydrogen-bond donors (Lipinski definition) is 1. The molecule has 0 amide bonds. The van der Waals surface area contributed by atoms with E-state index in [0.717, 1.165) is 0 Å². The number of anilines is 1. The lowest BCUT2D eigenvalue weighted by Crippen LogP contribution is -2.43. The molecule has 0 aliphatic heterocycles. The number of hydrogen-bond acceptors (Lipinski definition) is 4. The van der Waals surface area contributed by atoms with Gasteiger partial charge >= 0.3 is 5.97 Å². The highest BCUT2D eigenvalue weighted by Crippen LogP contribution is 2.24. The van der Waals surface area contributed by atoms with Crippen molar-refractivity contribution in [1.29, 1.82) is 0 Å². The van der Waals surface area contributed by atoms with E-state index in [1.54, 1.807) is 6.08 Å². The molecule has 0 aliphatic carbocycles. The highest BCUT2D eigenvalue weighted by atomic mass is 16.4. The molecule has 0 spiro atoms. The normalized spacial score (nSPS) is 11.0. The fourth-order valence-corrected chi connectivity index (χ4v) is 1.50. The van der Waals surface area contributed by atoms with Crippen LogP contribution in [0.5, 0.6) is 0 Å². The lowest BCUT2D eigenvalue weighted by Gasteiger charge is -2.36. The van der Waals surface area contributed by atoms with Crippen molar-refractivity contribution in [1.82, 2.24) is 10.2 Å². The van der Waals surface area contributed by atoms with Crippen LogP contribution in [0.4, 0.5) is 5.82 Å². The topological polar surface area (TPSA) is 66.3 Å². The molecule has 0 fully saturated rings. The molecule has 0 bridgehead atoms. The van der Waals surface area contributed by atoms with Gasteiger partial charge in [-0.25, -0.2) is 4.79 Å². The molecule has 0 atom stereocenters. The van der Waals surface area contributed by atoms with Gasteiger partial charge in [-0.1, -0.05) is 6.08 Å². The first-order valence-electron chi connectivity index (χ1n) is 5.31. The Morgan fingerprint density at radius 3 is 2.71 bits per heavy atom. The van der Waals surface area contributed by atoms with Gasteiger partial charge in [0.25, 0.3) is 0 Å². The predicted molar refractivity (Wildman–Crippen MR) is 66.3 cm³/mol. The SMILES string of the molecule is C=CCN(c1nnccc1C(=O)O)C(C)(C)C. The summed E-state index contributed by atoms with van der Waals surface area (Å²) in [6, 6.07) is 1.45. The predicted octanol–water partition coefficient (Wildman–Crippen LogP) is 1.97. The highest BCUT2D eigenvalue weighted by Gasteiger charge is 2.26. The molecular weight excluding hydrogens is 218 g/mol. The van der Waals surface area contributed by atoms with Crippen molar-refractivity contribution in [2.45, 2.75) is 26.3 Å². The summed E-state index contributed by atoms with van der Waals surface area (Å²) < 4.78 is 0. The fraction of sp³-hybridized carbons (Fsp3) is 0.417. The molecule has 1 heterocycles. The Kier molecular flexibility index (Phi) is 3.83. The molecule has 5 heteroatoms. The molecule has 0 saturated heterocycles. The molecule has 17 heavy (non-hydrogen) atoms. The Morgan fingerprint density at radius 2 is 2.24 bits per heavy atom. The Hall–Kier alpha value is -1.91. The van der Waals surface area contributed by atoms with Crippen LogP contribution < -0.4 is 4.90 Å². The van der Waals surface area contributed by atoms with Crippen molar-refractivity contribution in [2.24, 2.45) is 0 Å². The molecule has 1 rings (SSSR count). The Bertz CT molecular complexity index is 424. The summed E-state index contributed by atoms with van der Waals surface area (Å²) in [5.74, 6) is -0.638. The van der Waals surface area contributed by atoms with Crippen LogP contribution in [-0.2, 0) is 0 Å². The number of carbonyl (C=O) groups is 1. The van der Waals surface area contributed by atoms with Gasteiger partial charge < -0.3 is 10.0 Å². The maximum Gasteiger partial charge on any atom is 0.339 e. The van der Waals surface area contributed by atoms with Crippen LogP contribution in [0.2, 0.25) is 0 Å². The van der Waals surface area contributed by atoms with Gasteiger partial charge in [0.1, 0.15) is 5.56 Å². The van der Waals surface area contributed by atoms with Crippen molar-refractivity contribution in [2.75, 3.05) is 11.4 Å². The second-order valence-electron chi connectivity index (χ2n) is 4.64. The van der Waals surface area contributed by atoms with E-state index in [1.165, 1.54) is 12.3 Å². The fourth-order valence-electron chi connectivity index (χ4n) is 1.50. The van der Waals surface area contributed by atoms with E-state index in [0.29, 0.717) is 12.4 Å². The third-order valence-electron chi connectivity index (χ3n) is 2.31. The molecule has 1 N–H and O–H groups in total. The average Bonchev–Trinajstić information content (AvgIpc) is 2.24. The largest absolute Gasteiger partial charge is 0.478 e. The summed E-state index contributed by atoms with van der Waals surface area (Å²) >= 11 is 0. The number of nitrogens with zero attached hydrogens (tertiary/aromatic N) is 3. The molecule has 1 aromatic heterocycles. The van der Waals surface area contributed by atoms with Gasteiger partial charge in [-0.15, -0.1) is 11.7 Å². The van der Waals surface area contributed by atoms with Crippen LogP contribution in [0.3, 0.4) is 0 Å². The van der Waals surface area contributed by atoms with E-state index in [4.69, 9.17) is 5.11 Å². The Morgan fingerprint density at radius 1 is 1.59 bits per heavy atom. The lowest BCUT2D eigenvalue weighted by molar-refractivity contribution is 0.0696. The molecule has 92 valence electrons. The van der Waals surface area contributed by atoms with Crippen molar-refractivity contribution >= 4 is 11.8 Å². The standard InChI is InChI=1S/C12H17N3O2/c1-5-8-15(12(2,3)4)10-9(11(16)17)6-7-13-14-10/h5-7H,1,8H2,2-4H3,(H,16,17). The maximum atomic E-state index is 11.1. The zero-order valence-electron chi connectivity index (χ0n) is 10.3. The summed E-state index contributed by atoms with van der Waals surface area (Å²) in [4.78, 5) is 13.0. The van der Waals surface area contributed by atoms with Crippen molar-refractivity contribution in [3.05, 3.63) is 30.5 Å². The Balaban J connectivity index is 3.27. The number of aromatic nitrogens is 2. The quantitative estimate of drug-likeness (QED) is 0.808. The lowest BCUT2D eigenvalue weighted by atomic mass is 10.0. The second-order valence-corrected chi connectivity index (χ2v) is 4.64. The second kappa shape index (κ2) is 4.95. The van der Waals surface area contributed by atoms with Gasteiger partial charge in [0, 0.05) is 12.1 Å². The third kappa shape index (κ3) is 3.03. The Labute approximate surface area is 101 Å². The zero-order valence-corrected chi connectivity index (χ0v) is 10.3. The first kappa shape index (κ1) is 13.2. The molecule has 1 aromatic rings. The number of carboxylic acid groups (broad SMARTS) is 1. The van der Waals surface area contributed by atoms with Crippen molar-refractivity contribution in [3.63, 3.8) is 0 Å². The summed E-state index contributed by atoms with van der Waals surface area (Å²) in [5, 5.41) is 16.8. The third-order valence-corrected chi connectivity index (χ3v) is 2.31. The smallest absolute Gasteiger partial charge is 0.339 e. The summed E-state index contributed by atoms with van der Waals surface area (Å²) in [5.41, 5.74) is -0.106. The molecule has 0 saturated carbocycles. The van der Waals surface area contributed by atoms with Gasteiger partial charge in [0.15, 0.2) is 5.82 Å². The molecule has 5 nitrogen and oxygen atoms in total. The van der Waals surface area contributed by atoms with Crippen LogP contribution in [-0.4, -0.2) is 33.4 Å². The summed E-state index contributed by atoms with van der Waals surface area (Å²) in [7, 11) is 0. The van der Waals surface area contributed by atoms with Crippen molar-refractivity contribution < 1.29 is 9.90 Å². The maximum absolute atomic E-state index is 11.1. The van der Waals surface area contributed by atoms with Crippen LogP contribution in [0.25, 0.3) is 0 Å². The first-order chi connectivity index (χ1) is 7.88. The minimum Gasteiger partial charge on any atom is -0.478 e. The van der Waals surface area contributed by atoms with Crippen LogP contribution in [0, 0.1) is 0 Å². The first-order valence-corrected chi connectivity index (χ1v) is 5.31. The molecule has 0 radical (unpaired) electrons. The van der Waals surface area contributed by atoms with E-state index in [1.807, 2.05) is 25.7 Å². The highest BCUT2D eigenvalue weighted by molar-refractivity contribution is 5.93. The molecule has 0 aliphatic rings. The number of rotatable bonds is 4. The molecule has 0 aromatic carbocycles. The van der Waals surface area contributed by atoms with Gasteiger partial charge in [-0.2, -0.15) is 5.10 Å². The molecule has 0 unspecified atom stereocenters. The van der Waals surface area contributed by atoms with Crippen LogP contribution >= 0.6 is 0 Å². The van der Waals surface area contributed by atoms with Gasteiger partial charge in [-0.05, 0) is 26.8 Å². The van der Waals surface area contributed by atoms with E-state index >= 15 is 0 Å².